The Balaban J connectivity index is 1.38. The van der Waals surface area contributed by atoms with Crippen molar-refractivity contribution in [2.75, 3.05) is 41.9 Å². The smallest absolute Gasteiger partial charge is 0.229 e. The number of aromatic nitrogens is 4. The highest BCUT2D eigenvalue weighted by molar-refractivity contribution is 7.90. The monoisotopic (exact) mass is 614 g/mol. The van der Waals surface area contributed by atoms with E-state index in [9.17, 15) is 8.42 Å². The van der Waals surface area contributed by atoms with Gasteiger partial charge in [0.2, 0.25) is 5.95 Å². The van der Waals surface area contributed by atoms with Crippen LogP contribution in [0.4, 0.5) is 26.1 Å². The van der Waals surface area contributed by atoms with Gasteiger partial charge >= 0.3 is 0 Å². The highest BCUT2D eigenvalue weighted by Gasteiger charge is 2.34. The van der Waals surface area contributed by atoms with Crippen molar-refractivity contribution in [3.8, 4) is 17.0 Å². The maximum atomic E-state index is 15.0. The molecule has 1 aliphatic heterocycles. The van der Waals surface area contributed by atoms with Gasteiger partial charge in [-0.25, -0.2) is 22.2 Å². The van der Waals surface area contributed by atoms with Crippen molar-refractivity contribution in [2.45, 2.75) is 39.9 Å². The van der Waals surface area contributed by atoms with Crippen molar-refractivity contribution in [3.05, 3.63) is 60.6 Å². The van der Waals surface area contributed by atoms with E-state index in [1.807, 2.05) is 6.07 Å². The van der Waals surface area contributed by atoms with Crippen LogP contribution in [0.3, 0.4) is 0 Å². The fourth-order valence-corrected chi connectivity index (χ4v) is 5.91. The van der Waals surface area contributed by atoms with E-state index in [0.29, 0.717) is 30.2 Å². The number of hydrogen-bond acceptors (Lipinski definition) is 9. The van der Waals surface area contributed by atoms with Crippen molar-refractivity contribution in [1.29, 1.82) is 0 Å². The first kappa shape index (κ1) is 30.6. The van der Waals surface area contributed by atoms with Gasteiger partial charge in [0.15, 0.2) is 0 Å². The SMILES string of the molecule is CC(C)Oc1cc(F)c(-c2ccc3cnc(Nc4cnccc4N4C[C@@H](C)C(OCCS(C)(=O)=O)[C@@H](C)C4)n3n2)c(F)c1. The molecule has 13 heteroatoms. The Morgan fingerprint density at radius 3 is 2.42 bits per heavy atom. The van der Waals surface area contributed by atoms with Gasteiger partial charge in [0.25, 0.3) is 0 Å². The summed E-state index contributed by atoms with van der Waals surface area (Å²) in [7, 11) is -3.09. The number of ether oxygens (including phenoxy) is 2. The van der Waals surface area contributed by atoms with Crippen LogP contribution in [0, 0.1) is 23.5 Å². The Kier molecular flexibility index (Phi) is 8.84. The predicted molar refractivity (Wildman–Crippen MR) is 162 cm³/mol. The summed E-state index contributed by atoms with van der Waals surface area (Å²) in [5.41, 5.74) is 2.06. The summed E-state index contributed by atoms with van der Waals surface area (Å²) < 4.78 is 66.1. The lowest BCUT2D eigenvalue weighted by molar-refractivity contribution is -0.0174. The van der Waals surface area contributed by atoms with Crippen LogP contribution in [0.1, 0.15) is 27.7 Å². The van der Waals surface area contributed by atoms with Crippen LogP contribution in [-0.2, 0) is 14.6 Å². The second kappa shape index (κ2) is 12.4. The molecule has 0 amide bonds. The molecule has 4 heterocycles. The number of anilines is 3. The number of benzene rings is 1. The van der Waals surface area contributed by atoms with Crippen LogP contribution in [0.5, 0.6) is 5.75 Å². The van der Waals surface area contributed by atoms with Crippen LogP contribution < -0.4 is 15.0 Å². The van der Waals surface area contributed by atoms with Gasteiger partial charge in [0.1, 0.15) is 27.2 Å². The Labute approximate surface area is 250 Å². The minimum Gasteiger partial charge on any atom is -0.491 e. The molecule has 1 aromatic carbocycles. The number of halogens is 2. The van der Waals surface area contributed by atoms with Gasteiger partial charge in [-0.1, -0.05) is 13.8 Å². The maximum absolute atomic E-state index is 15.0. The number of hydrogen-bond donors (Lipinski definition) is 1. The molecule has 1 unspecified atom stereocenters. The molecule has 0 spiro atoms. The third kappa shape index (κ3) is 7.04. The molecule has 0 bridgehead atoms. The van der Waals surface area contributed by atoms with Crippen molar-refractivity contribution in [2.24, 2.45) is 11.8 Å². The summed E-state index contributed by atoms with van der Waals surface area (Å²) in [5, 5.41) is 7.82. The Hall–Kier alpha value is -3.84. The summed E-state index contributed by atoms with van der Waals surface area (Å²) in [4.78, 5) is 11.0. The average molecular weight is 615 g/mol. The fourth-order valence-electron chi connectivity index (χ4n) is 5.52. The maximum Gasteiger partial charge on any atom is 0.229 e. The van der Waals surface area contributed by atoms with Gasteiger partial charge in [0.05, 0.1) is 65.1 Å². The number of piperidine rings is 1. The highest BCUT2D eigenvalue weighted by atomic mass is 32.2. The van der Waals surface area contributed by atoms with Gasteiger partial charge in [-0.3, -0.25) is 4.98 Å². The Morgan fingerprint density at radius 2 is 1.77 bits per heavy atom. The first-order valence-corrected chi connectivity index (χ1v) is 16.2. The lowest BCUT2D eigenvalue weighted by Gasteiger charge is -2.42. The first-order chi connectivity index (χ1) is 20.4. The molecule has 0 aliphatic carbocycles. The van der Waals surface area contributed by atoms with Gasteiger partial charge in [-0.2, -0.15) is 9.61 Å². The van der Waals surface area contributed by atoms with E-state index in [1.54, 1.807) is 44.6 Å². The normalized spacial score (nSPS) is 19.3. The molecule has 10 nitrogen and oxygen atoms in total. The first-order valence-electron chi connectivity index (χ1n) is 14.2. The third-order valence-electron chi connectivity index (χ3n) is 7.32. The predicted octanol–water partition coefficient (Wildman–Crippen LogP) is 5.12. The minimum absolute atomic E-state index is 0.00373. The van der Waals surface area contributed by atoms with Crippen LogP contribution >= 0.6 is 0 Å². The molecule has 1 fully saturated rings. The lowest BCUT2D eigenvalue weighted by Crippen LogP contribution is -2.49. The molecule has 1 aliphatic rings. The number of rotatable bonds is 10. The summed E-state index contributed by atoms with van der Waals surface area (Å²) >= 11 is 0. The molecule has 3 aromatic heterocycles. The van der Waals surface area contributed by atoms with Crippen molar-refractivity contribution >= 4 is 32.7 Å². The average Bonchev–Trinajstić information content (AvgIpc) is 3.31. The van der Waals surface area contributed by atoms with Crippen molar-refractivity contribution < 1.29 is 26.7 Å². The highest BCUT2D eigenvalue weighted by Crippen LogP contribution is 2.34. The molecule has 1 N–H and O–H groups in total. The molecule has 43 heavy (non-hydrogen) atoms. The molecule has 0 radical (unpaired) electrons. The number of sulfone groups is 1. The zero-order valence-electron chi connectivity index (χ0n) is 24.8. The number of nitrogens with one attached hydrogen (secondary N) is 1. The van der Waals surface area contributed by atoms with E-state index < -0.39 is 21.5 Å². The summed E-state index contributed by atoms with van der Waals surface area (Å²) in [5.74, 6) is -0.817. The molecule has 230 valence electrons. The second-order valence-corrected chi connectivity index (χ2v) is 13.7. The number of imidazole rings is 1. The zero-order chi connectivity index (χ0) is 30.9. The van der Waals surface area contributed by atoms with E-state index >= 15 is 8.78 Å². The Bertz CT molecular complexity index is 1680. The fraction of sp³-hybridized carbons (Fsp3) is 0.433. The quantitative estimate of drug-likeness (QED) is 0.260. The number of nitrogens with zero attached hydrogens (tertiary/aromatic N) is 5. The van der Waals surface area contributed by atoms with Gasteiger partial charge in [-0.15, -0.1) is 0 Å². The molecule has 0 saturated carbocycles. The largest absolute Gasteiger partial charge is 0.491 e. The van der Waals surface area contributed by atoms with Crippen LogP contribution in [-0.4, -0.2) is 71.9 Å². The Morgan fingerprint density at radius 1 is 1.07 bits per heavy atom. The van der Waals surface area contributed by atoms with E-state index in [2.05, 4.69) is 39.1 Å². The molecular formula is C30H36F2N6O4S. The van der Waals surface area contributed by atoms with E-state index in [1.165, 1.54) is 10.8 Å². The van der Waals surface area contributed by atoms with Gasteiger partial charge in [0, 0.05) is 49.5 Å². The van der Waals surface area contributed by atoms with E-state index in [0.717, 1.165) is 17.8 Å². The molecule has 3 atom stereocenters. The lowest BCUT2D eigenvalue weighted by atomic mass is 9.87. The van der Waals surface area contributed by atoms with Crippen LogP contribution in [0.15, 0.2) is 48.9 Å². The van der Waals surface area contributed by atoms with Gasteiger partial charge in [-0.05, 0) is 32.0 Å². The molecular weight excluding hydrogens is 578 g/mol. The molecule has 4 aromatic rings. The third-order valence-corrected chi connectivity index (χ3v) is 8.22. The molecule has 5 rings (SSSR count). The van der Waals surface area contributed by atoms with Crippen LogP contribution in [0.25, 0.3) is 16.8 Å². The molecule has 1 saturated heterocycles. The second-order valence-electron chi connectivity index (χ2n) is 11.4. The number of pyridine rings is 1. The van der Waals surface area contributed by atoms with Crippen LogP contribution in [0.2, 0.25) is 0 Å². The topological polar surface area (TPSA) is 111 Å². The van der Waals surface area contributed by atoms with E-state index in [4.69, 9.17) is 9.47 Å². The number of fused-ring (bicyclic) bond motifs is 1. The summed E-state index contributed by atoms with van der Waals surface area (Å²) in [6.07, 6.45) is 5.93. The van der Waals surface area contributed by atoms with Gasteiger partial charge < -0.3 is 19.7 Å². The summed E-state index contributed by atoms with van der Waals surface area (Å²) in [6, 6.07) is 7.46. The summed E-state index contributed by atoms with van der Waals surface area (Å²) in [6.45, 7) is 9.29. The van der Waals surface area contributed by atoms with E-state index in [-0.39, 0.29) is 53.4 Å². The zero-order valence-corrected chi connectivity index (χ0v) is 25.6. The minimum atomic E-state index is -3.09. The van der Waals surface area contributed by atoms with Crippen molar-refractivity contribution in [1.82, 2.24) is 19.6 Å². The van der Waals surface area contributed by atoms with Crippen molar-refractivity contribution in [3.63, 3.8) is 0 Å². The standard InChI is InChI=1S/C30H36F2N6O4S/c1-18(2)42-22-12-23(31)28(24(32)13-22)25-7-6-21-14-34-30(38(21)36-25)35-26-15-33-9-8-27(26)37-16-19(3)29(20(4)17-37)41-10-11-43(5,39)40/h6-9,12-15,18-20,29H,10-11,16-17H2,1-5H3,(H,34,35)/t19-,20+,29?.